The lowest BCUT2D eigenvalue weighted by Crippen LogP contribution is -2.54. The predicted molar refractivity (Wildman–Crippen MR) is 247 cm³/mol. The highest BCUT2D eigenvalue weighted by Crippen LogP contribution is 2.67. The Hall–Kier alpha value is -4.05. The maximum Gasteiger partial charge on any atom is 0.303 e. The van der Waals surface area contributed by atoms with Crippen LogP contribution in [0.3, 0.4) is 0 Å². The first-order valence-corrected chi connectivity index (χ1v) is 24.7. The molecule has 5 unspecified atom stereocenters. The van der Waals surface area contributed by atoms with Crippen molar-refractivity contribution in [1.82, 2.24) is 31.9 Å². The molecule has 0 aliphatic heterocycles. The third kappa shape index (κ3) is 15.5. The lowest BCUT2D eigenvalue weighted by molar-refractivity contribution is -0.139. The smallest absolute Gasteiger partial charge is 0.303 e. The van der Waals surface area contributed by atoms with E-state index in [-0.39, 0.29) is 31.3 Å². The van der Waals surface area contributed by atoms with Gasteiger partial charge in [0, 0.05) is 31.3 Å². The predicted octanol–water partition coefficient (Wildman–Crippen LogP) is 4.58. The lowest BCUT2D eigenvalue weighted by Gasteiger charge is -2.58. The fraction of sp³-hybridized carbons (Fsp3) is 0.816. The van der Waals surface area contributed by atoms with E-state index in [2.05, 4.69) is 72.6 Å². The van der Waals surface area contributed by atoms with Crippen LogP contribution in [0.15, 0.2) is 11.6 Å². The van der Waals surface area contributed by atoms with Gasteiger partial charge in [-0.05, 0) is 137 Å². The van der Waals surface area contributed by atoms with E-state index in [9.17, 15) is 43.8 Å². The number of fused-ring (bicyclic) bond motifs is 5. The first-order chi connectivity index (χ1) is 30.8. The van der Waals surface area contributed by atoms with Gasteiger partial charge in [-0.15, -0.1) is 0 Å². The number of carbonyl (C=O) groups is 7. The van der Waals surface area contributed by atoms with Crippen LogP contribution in [0.1, 0.15) is 157 Å². The van der Waals surface area contributed by atoms with E-state index in [1.807, 2.05) is 0 Å². The summed E-state index contributed by atoms with van der Waals surface area (Å²) in [7, 11) is 0. The zero-order valence-corrected chi connectivity index (χ0v) is 40.1. The summed E-state index contributed by atoms with van der Waals surface area (Å²) in [4.78, 5) is 86.3. The molecule has 0 aromatic carbocycles. The molecular weight excluding hydrogens is 833 g/mol. The number of nitrogens with one attached hydrogen (secondary N) is 6. The number of hydrogen-bond acceptors (Lipinski definition) is 9. The van der Waals surface area contributed by atoms with Crippen LogP contribution in [-0.2, 0) is 33.6 Å². The van der Waals surface area contributed by atoms with E-state index < -0.39 is 85.5 Å². The SMILES string of the molecule is CC(C)CCC[C@@H](C)C1CCC2[C@H]3CC=C4C[C@@H](NCCCCC(=O)N[C@@H](CCC(=O)O)C(=O)N[C@@H](CCC(=O)O)C(=O)NCC(=O)NCC(=O)N[C@H](C)CO)CCC4(C)C3CCC21C. The largest absolute Gasteiger partial charge is 0.481 e. The Bertz CT molecular complexity index is 1690. The average molecular weight is 915 g/mol. The highest BCUT2D eigenvalue weighted by atomic mass is 16.4. The van der Waals surface area contributed by atoms with Crippen LogP contribution in [0.25, 0.3) is 0 Å². The van der Waals surface area contributed by atoms with Gasteiger partial charge >= 0.3 is 11.9 Å². The minimum Gasteiger partial charge on any atom is -0.481 e. The molecule has 4 aliphatic rings. The van der Waals surface area contributed by atoms with Crippen LogP contribution in [-0.4, -0.2) is 107 Å². The molecule has 4 aliphatic carbocycles. The molecule has 0 spiro atoms. The number of allylic oxidation sites excluding steroid dienone is 1. The summed E-state index contributed by atoms with van der Waals surface area (Å²) >= 11 is 0. The number of unbranched alkanes of at least 4 members (excludes halogenated alkanes) is 1. The van der Waals surface area contributed by atoms with Crippen LogP contribution in [0, 0.1) is 46.3 Å². The number of hydrogen-bond donors (Lipinski definition) is 9. The molecule has 0 radical (unpaired) electrons. The van der Waals surface area contributed by atoms with Crippen LogP contribution >= 0.6 is 0 Å². The second kappa shape index (κ2) is 25.2. The van der Waals surface area contributed by atoms with Crippen molar-refractivity contribution in [3.05, 3.63) is 11.6 Å². The third-order valence-corrected chi connectivity index (χ3v) is 15.7. The highest BCUT2D eigenvalue weighted by molar-refractivity contribution is 5.94. The maximum atomic E-state index is 13.4. The van der Waals surface area contributed by atoms with E-state index in [1.54, 1.807) is 12.5 Å². The number of rotatable bonds is 27. The monoisotopic (exact) mass is 915 g/mol. The fourth-order valence-corrected chi connectivity index (χ4v) is 12.1. The number of aliphatic carboxylic acids is 2. The van der Waals surface area contributed by atoms with Gasteiger partial charge in [-0.1, -0.05) is 65.5 Å². The van der Waals surface area contributed by atoms with Gasteiger partial charge < -0.3 is 47.2 Å². The van der Waals surface area contributed by atoms with Gasteiger partial charge in [-0.3, -0.25) is 33.6 Å². The Morgan fingerprint density at radius 1 is 0.692 bits per heavy atom. The minimum atomic E-state index is -1.42. The molecule has 0 heterocycles. The van der Waals surface area contributed by atoms with Crippen molar-refractivity contribution in [3.8, 4) is 0 Å². The quantitative estimate of drug-likeness (QED) is 0.0407. The Labute approximate surface area is 386 Å². The van der Waals surface area contributed by atoms with Crippen molar-refractivity contribution in [2.24, 2.45) is 46.3 Å². The zero-order chi connectivity index (χ0) is 47.9. The van der Waals surface area contributed by atoms with Gasteiger partial charge in [0.15, 0.2) is 0 Å². The summed E-state index contributed by atoms with van der Waals surface area (Å²) in [6, 6.07) is -2.87. The van der Waals surface area contributed by atoms with Gasteiger partial charge in [0.05, 0.1) is 19.7 Å². The Kier molecular flexibility index (Phi) is 20.8. The summed E-state index contributed by atoms with van der Waals surface area (Å²) in [6.07, 6.45) is 16.5. The van der Waals surface area contributed by atoms with Crippen molar-refractivity contribution in [2.75, 3.05) is 26.2 Å². The summed E-state index contributed by atoms with van der Waals surface area (Å²) in [5.41, 5.74) is 2.37. The average Bonchev–Trinajstić information content (AvgIpc) is 3.61. The number of carboxylic acids is 2. The summed E-state index contributed by atoms with van der Waals surface area (Å²) in [5.74, 6) is -1.11. The molecule has 0 aromatic rings. The van der Waals surface area contributed by atoms with Crippen LogP contribution in [0.5, 0.6) is 0 Å². The highest BCUT2D eigenvalue weighted by Gasteiger charge is 2.59. The molecule has 16 nitrogen and oxygen atoms in total. The number of aliphatic hydroxyl groups is 1. The van der Waals surface area contributed by atoms with Crippen molar-refractivity contribution < 1.29 is 48.9 Å². The summed E-state index contributed by atoms with van der Waals surface area (Å²) in [5, 5.41) is 43.5. The summed E-state index contributed by atoms with van der Waals surface area (Å²) in [6.45, 7) is 13.4. The second-order valence-electron chi connectivity index (χ2n) is 20.8. The number of amides is 5. The van der Waals surface area contributed by atoms with Gasteiger partial charge in [-0.25, -0.2) is 0 Å². The van der Waals surface area contributed by atoms with Gasteiger partial charge in [0.25, 0.3) is 0 Å². The molecule has 0 aromatic heterocycles. The molecule has 9 N–H and O–H groups in total. The molecular formula is C49H82N6O10. The van der Waals surface area contributed by atoms with E-state index in [1.165, 1.54) is 57.8 Å². The molecule has 16 heteroatoms. The van der Waals surface area contributed by atoms with Gasteiger partial charge in [0.1, 0.15) is 12.1 Å². The number of carbonyl (C=O) groups excluding carboxylic acids is 5. The molecule has 3 saturated carbocycles. The van der Waals surface area contributed by atoms with E-state index in [0.717, 1.165) is 61.3 Å². The van der Waals surface area contributed by atoms with Crippen molar-refractivity contribution in [3.63, 3.8) is 0 Å². The Morgan fingerprint density at radius 2 is 1.37 bits per heavy atom. The van der Waals surface area contributed by atoms with Crippen molar-refractivity contribution >= 4 is 41.5 Å². The standard InChI is InChI=1S/C49H82N6O10/c1-30(2)10-9-11-31(3)36-15-16-37-35-14-13-33-26-34(21-23-48(33,5)38(35)22-24-49(36,37)6)50-25-8-7-12-41(57)54-40(18-20-45(62)63)47(65)55-39(17-19-44(60)61)46(64)52-27-42(58)51-28-43(59)53-32(4)29-56/h13,30-32,34-40,50,56H,7-12,14-29H2,1-6H3,(H,51,58)(H,52,64)(H,53,59)(H,54,57)(H,55,65)(H,60,61)(H,62,63)/t31-,32-,34+,35-,36?,37?,38?,39+,40+,48?,49?/m1/s1. The molecule has 368 valence electrons. The van der Waals surface area contributed by atoms with E-state index >= 15 is 0 Å². The lowest BCUT2D eigenvalue weighted by atomic mass is 9.47. The minimum absolute atomic E-state index is 0.0993. The molecule has 0 bridgehead atoms. The number of carboxylic acid groups (broad SMARTS) is 2. The molecule has 4 rings (SSSR count). The Morgan fingerprint density at radius 3 is 2.03 bits per heavy atom. The summed E-state index contributed by atoms with van der Waals surface area (Å²) < 4.78 is 0. The van der Waals surface area contributed by atoms with Crippen LogP contribution in [0.2, 0.25) is 0 Å². The first kappa shape index (κ1) is 53.6. The van der Waals surface area contributed by atoms with Gasteiger partial charge in [0.2, 0.25) is 29.5 Å². The molecule has 0 saturated heterocycles. The fourth-order valence-electron chi connectivity index (χ4n) is 12.1. The van der Waals surface area contributed by atoms with Crippen LogP contribution in [0.4, 0.5) is 0 Å². The van der Waals surface area contributed by atoms with Crippen molar-refractivity contribution in [2.45, 2.75) is 181 Å². The number of aliphatic hydroxyl groups excluding tert-OH is 1. The molecule has 65 heavy (non-hydrogen) atoms. The van der Waals surface area contributed by atoms with Crippen LogP contribution < -0.4 is 31.9 Å². The topological polar surface area (TPSA) is 252 Å². The third-order valence-electron chi connectivity index (χ3n) is 15.7. The van der Waals surface area contributed by atoms with E-state index in [4.69, 9.17) is 5.11 Å². The molecule has 11 atom stereocenters. The molecule has 5 amide bonds. The van der Waals surface area contributed by atoms with Gasteiger partial charge in [-0.2, -0.15) is 0 Å². The van der Waals surface area contributed by atoms with Crippen molar-refractivity contribution in [1.29, 1.82) is 0 Å². The Balaban J connectivity index is 1.22. The maximum absolute atomic E-state index is 13.4. The zero-order valence-electron chi connectivity index (χ0n) is 40.1. The normalized spacial score (nSPS) is 27.6. The second-order valence-corrected chi connectivity index (χ2v) is 20.8. The molecule has 3 fully saturated rings. The first-order valence-electron chi connectivity index (χ1n) is 24.7. The van der Waals surface area contributed by atoms with E-state index in [0.29, 0.717) is 17.9 Å².